The maximum absolute atomic E-state index is 11.0. The Hall–Kier alpha value is -0.570. The number of ether oxygens (including phenoxy) is 1. The van der Waals surface area contributed by atoms with Crippen molar-refractivity contribution >= 4 is 5.91 Å². The van der Waals surface area contributed by atoms with E-state index in [4.69, 9.17) is 10.5 Å². The summed E-state index contributed by atoms with van der Waals surface area (Å²) >= 11 is 0. The number of hydrogen-bond donors (Lipinski definition) is 1. The van der Waals surface area contributed by atoms with E-state index < -0.39 is 0 Å². The van der Waals surface area contributed by atoms with Crippen LogP contribution in [0.5, 0.6) is 0 Å². The van der Waals surface area contributed by atoms with Crippen LogP contribution in [0.15, 0.2) is 0 Å². The number of primary amides is 1. The van der Waals surface area contributed by atoms with Crippen LogP contribution in [0.4, 0.5) is 0 Å². The zero-order chi connectivity index (χ0) is 7.90. The van der Waals surface area contributed by atoms with E-state index >= 15 is 0 Å². The van der Waals surface area contributed by atoms with Crippen molar-refractivity contribution in [3.63, 3.8) is 0 Å². The minimum absolute atomic E-state index is 0.0937. The van der Waals surface area contributed by atoms with E-state index in [-0.39, 0.29) is 17.2 Å². The second-order valence-corrected chi connectivity index (χ2v) is 3.66. The SMILES string of the molecule is NC(=O)C1CCOCC12CC2. The van der Waals surface area contributed by atoms with E-state index in [0.29, 0.717) is 6.61 Å². The third-order valence-corrected chi connectivity index (χ3v) is 2.92. The van der Waals surface area contributed by atoms with Gasteiger partial charge in [0.15, 0.2) is 0 Å². The standard InChI is InChI=1S/C8H13NO2/c9-7(10)6-1-4-11-5-8(6)2-3-8/h6H,1-5H2,(H2,9,10). The number of carbonyl (C=O) groups is 1. The van der Waals surface area contributed by atoms with Gasteiger partial charge in [-0.25, -0.2) is 0 Å². The summed E-state index contributed by atoms with van der Waals surface area (Å²) in [4.78, 5) is 11.0. The molecule has 3 heteroatoms. The van der Waals surface area contributed by atoms with E-state index in [9.17, 15) is 4.79 Å². The third-order valence-electron chi connectivity index (χ3n) is 2.92. The maximum Gasteiger partial charge on any atom is 0.221 e. The molecule has 2 rings (SSSR count). The molecule has 0 bridgehead atoms. The molecule has 1 aliphatic carbocycles. The summed E-state index contributed by atoms with van der Waals surface area (Å²) in [6, 6.07) is 0. The molecule has 1 unspecified atom stereocenters. The van der Waals surface area contributed by atoms with Gasteiger partial charge in [0, 0.05) is 17.9 Å². The van der Waals surface area contributed by atoms with Crippen molar-refractivity contribution in [3.8, 4) is 0 Å². The summed E-state index contributed by atoms with van der Waals surface area (Å²) in [7, 11) is 0. The molecule has 1 spiro atoms. The average molecular weight is 155 g/mol. The van der Waals surface area contributed by atoms with Gasteiger partial charge >= 0.3 is 0 Å². The predicted octanol–water partition coefficient (Wildman–Crippen LogP) is 0.288. The van der Waals surface area contributed by atoms with E-state index in [2.05, 4.69) is 0 Å². The van der Waals surface area contributed by atoms with E-state index in [0.717, 1.165) is 25.9 Å². The molecule has 2 fully saturated rings. The lowest BCUT2D eigenvalue weighted by molar-refractivity contribution is -0.129. The minimum atomic E-state index is -0.134. The zero-order valence-electron chi connectivity index (χ0n) is 6.51. The Morgan fingerprint density at radius 1 is 1.55 bits per heavy atom. The first-order valence-corrected chi connectivity index (χ1v) is 4.12. The van der Waals surface area contributed by atoms with Crippen LogP contribution in [-0.4, -0.2) is 19.1 Å². The topological polar surface area (TPSA) is 52.3 Å². The molecule has 1 aliphatic heterocycles. The molecular formula is C8H13NO2. The molecule has 11 heavy (non-hydrogen) atoms. The molecule has 0 radical (unpaired) electrons. The van der Waals surface area contributed by atoms with E-state index in [1.165, 1.54) is 0 Å². The lowest BCUT2D eigenvalue weighted by atomic mass is 9.85. The van der Waals surface area contributed by atoms with Crippen LogP contribution >= 0.6 is 0 Å². The summed E-state index contributed by atoms with van der Waals surface area (Å²) in [5, 5.41) is 0. The van der Waals surface area contributed by atoms with E-state index in [1.54, 1.807) is 0 Å². The van der Waals surface area contributed by atoms with Crippen molar-refractivity contribution in [2.45, 2.75) is 19.3 Å². The molecular weight excluding hydrogens is 142 g/mol. The Morgan fingerprint density at radius 3 is 2.73 bits per heavy atom. The summed E-state index contributed by atoms with van der Waals surface area (Å²) < 4.78 is 5.32. The highest BCUT2D eigenvalue weighted by Crippen LogP contribution is 2.54. The lowest BCUT2D eigenvalue weighted by Crippen LogP contribution is -2.38. The van der Waals surface area contributed by atoms with Gasteiger partial charge in [-0.15, -0.1) is 0 Å². The number of hydrogen-bond acceptors (Lipinski definition) is 2. The average Bonchev–Trinajstić information content (AvgIpc) is 2.70. The van der Waals surface area contributed by atoms with Gasteiger partial charge in [0.05, 0.1) is 6.61 Å². The summed E-state index contributed by atoms with van der Waals surface area (Å²) in [6.07, 6.45) is 3.08. The first-order chi connectivity index (χ1) is 5.25. The summed E-state index contributed by atoms with van der Waals surface area (Å²) in [5.74, 6) is -0.0398. The second kappa shape index (κ2) is 2.21. The summed E-state index contributed by atoms with van der Waals surface area (Å²) in [5.41, 5.74) is 5.46. The van der Waals surface area contributed by atoms with Crippen LogP contribution in [0.1, 0.15) is 19.3 Å². The molecule has 1 saturated carbocycles. The fourth-order valence-corrected chi connectivity index (χ4v) is 1.98. The highest BCUT2D eigenvalue weighted by Gasteiger charge is 2.53. The molecule has 62 valence electrons. The fraction of sp³-hybridized carbons (Fsp3) is 0.875. The van der Waals surface area contributed by atoms with Gasteiger partial charge in [-0.05, 0) is 19.3 Å². The van der Waals surface area contributed by atoms with Crippen molar-refractivity contribution in [1.29, 1.82) is 0 Å². The minimum Gasteiger partial charge on any atom is -0.381 e. The smallest absolute Gasteiger partial charge is 0.221 e. The fourth-order valence-electron chi connectivity index (χ4n) is 1.98. The van der Waals surface area contributed by atoms with Crippen LogP contribution in [0.25, 0.3) is 0 Å². The predicted molar refractivity (Wildman–Crippen MR) is 39.8 cm³/mol. The van der Waals surface area contributed by atoms with Crippen LogP contribution in [0, 0.1) is 11.3 Å². The van der Waals surface area contributed by atoms with Crippen molar-refractivity contribution in [2.24, 2.45) is 17.1 Å². The van der Waals surface area contributed by atoms with Gasteiger partial charge in [-0.2, -0.15) is 0 Å². The quantitative estimate of drug-likeness (QED) is 0.591. The van der Waals surface area contributed by atoms with Crippen LogP contribution in [0.3, 0.4) is 0 Å². The normalized spacial score (nSPS) is 33.6. The van der Waals surface area contributed by atoms with Gasteiger partial charge in [-0.1, -0.05) is 0 Å². The van der Waals surface area contributed by atoms with Crippen molar-refractivity contribution in [3.05, 3.63) is 0 Å². The Bertz CT molecular complexity index is 187. The van der Waals surface area contributed by atoms with E-state index in [1.807, 2.05) is 0 Å². The first kappa shape index (κ1) is 7.10. The number of nitrogens with two attached hydrogens (primary N) is 1. The van der Waals surface area contributed by atoms with Crippen molar-refractivity contribution in [1.82, 2.24) is 0 Å². The van der Waals surface area contributed by atoms with Gasteiger partial charge in [0.2, 0.25) is 5.91 Å². The molecule has 1 amide bonds. The Balaban J connectivity index is 2.10. The molecule has 0 aromatic heterocycles. The molecule has 1 atom stereocenters. The van der Waals surface area contributed by atoms with Crippen molar-refractivity contribution < 1.29 is 9.53 Å². The molecule has 2 N–H and O–H groups in total. The second-order valence-electron chi connectivity index (χ2n) is 3.66. The molecule has 0 aromatic carbocycles. The van der Waals surface area contributed by atoms with Gasteiger partial charge in [0.25, 0.3) is 0 Å². The molecule has 2 aliphatic rings. The molecule has 1 heterocycles. The van der Waals surface area contributed by atoms with Crippen LogP contribution < -0.4 is 5.73 Å². The van der Waals surface area contributed by atoms with Crippen LogP contribution in [0.2, 0.25) is 0 Å². The molecule has 3 nitrogen and oxygen atoms in total. The Kier molecular flexibility index (Phi) is 1.42. The molecule has 0 aromatic rings. The Labute approximate surface area is 65.9 Å². The summed E-state index contributed by atoms with van der Waals surface area (Å²) in [6.45, 7) is 1.45. The van der Waals surface area contributed by atoms with Crippen LogP contribution in [-0.2, 0) is 9.53 Å². The Morgan fingerprint density at radius 2 is 2.27 bits per heavy atom. The lowest BCUT2D eigenvalue weighted by Gasteiger charge is -2.28. The third kappa shape index (κ3) is 1.03. The number of amides is 1. The highest BCUT2D eigenvalue weighted by molar-refractivity contribution is 5.78. The monoisotopic (exact) mass is 155 g/mol. The van der Waals surface area contributed by atoms with Gasteiger partial charge in [-0.3, -0.25) is 4.79 Å². The van der Waals surface area contributed by atoms with Gasteiger partial charge < -0.3 is 10.5 Å². The highest BCUT2D eigenvalue weighted by atomic mass is 16.5. The first-order valence-electron chi connectivity index (χ1n) is 4.12. The maximum atomic E-state index is 11.0. The number of rotatable bonds is 1. The number of carbonyl (C=O) groups excluding carboxylic acids is 1. The molecule has 1 saturated heterocycles. The van der Waals surface area contributed by atoms with Gasteiger partial charge in [0.1, 0.15) is 0 Å². The largest absolute Gasteiger partial charge is 0.381 e. The van der Waals surface area contributed by atoms with Crippen molar-refractivity contribution in [2.75, 3.05) is 13.2 Å². The zero-order valence-corrected chi connectivity index (χ0v) is 6.51.